The molecule has 0 atom stereocenters. The lowest BCUT2D eigenvalue weighted by molar-refractivity contribution is 0.665. The number of hydrogen-bond donors (Lipinski definition) is 1. The quantitative estimate of drug-likeness (QED) is 0.801. The largest absolute Gasteiger partial charge is 0.394 e. The van der Waals surface area contributed by atoms with Crippen molar-refractivity contribution in [2.75, 3.05) is 35.2 Å². The van der Waals surface area contributed by atoms with Crippen molar-refractivity contribution in [2.24, 2.45) is 7.05 Å². The van der Waals surface area contributed by atoms with E-state index in [4.69, 9.17) is 5.73 Å². The summed E-state index contributed by atoms with van der Waals surface area (Å²) >= 11 is 0. The average Bonchev–Trinajstić information content (AvgIpc) is 2.56. The zero-order valence-corrected chi connectivity index (χ0v) is 10.6. The number of anilines is 2. The monoisotopic (exact) mass is 242 g/mol. The van der Waals surface area contributed by atoms with E-state index < -0.39 is 10.8 Å². The predicted molar refractivity (Wildman–Crippen MR) is 67.1 cm³/mol. The molecular formula is C10H18N4OS. The Kier molecular flexibility index (Phi) is 3.18. The summed E-state index contributed by atoms with van der Waals surface area (Å²) in [6, 6.07) is 0. The highest BCUT2D eigenvalue weighted by molar-refractivity contribution is 7.85. The lowest BCUT2D eigenvalue weighted by Crippen LogP contribution is -2.39. The Morgan fingerprint density at radius 1 is 1.44 bits per heavy atom. The van der Waals surface area contributed by atoms with Gasteiger partial charge in [0.1, 0.15) is 5.82 Å². The van der Waals surface area contributed by atoms with Gasteiger partial charge in [-0.05, 0) is 6.42 Å². The molecule has 1 aromatic rings. The Morgan fingerprint density at radius 2 is 2.06 bits per heavy atom. The molecule has 0 saturated carbocycles. The molecule has 0 aliphatic carbocycles. The van der Waals surface area contributed by atoms with Crippen LogP contribution in [0.25, 0.3) is 0 Å². The van der Waals surface area contributed by atoms with Gasteiger partial charge in [0.25, 0.3) is 0 Å². The molecule has 5 nitrogen and oxygen atoms in total. The van der Waals surface area contributed by atoms with Gasteiger partial charge in [-0.25, -0.2) is 0 Å². The Bertz CT molecular complexity index is 405. The number of nitrogens with zero attached hydrogens (tertiary/aromatic N) is 3. The third-order valence-electron chi connectivity index (χ3n) is 2.94. The van der Waals surface area contributed by atoms with E-state index >= 15 is 0 Å². The Labute approximate surface area is 98.1 Å². The molecule has 1 fully saturated rings. The van der Waals surface area contributed by atoms with E-state index in [1.807, 2.05) is 18.7 Å². The summed E-state index contributed by atoms with van der Waals surface area (Å²) in [5.41, 5.74) is 7.80. The molecule has 1 saturated heterocycles. The van der Waals surface area contributed by atoms with E-state index in [2.05, 4.69) is 10.00 Å². The second-order valence-corrected chi connectivity index (χ2v) is 5.69. The first-order chi connectivity index (χ1) is 7.63. The Morgan fingerprint density at radius 3 is 2.56 bits per heavy atom. The molecule has 0 radical (unpaired) electrons. The van der Waals surface area contributed by atoms with E-state index in [0.717, 1.165) is 48.2 Å². The van der Waals surface area contributed by atoms with Crippen molar-refractivity contribution < 1.29 is 4.21 Å². The second-order valence-electron chi connectivity index (χ2n) is 4.00. The van der Waals surface area contributed by atoms with Gasteiger partial charge in [-0.15, -0.1) is 0 Å². The topological polar surface area (TPSA) is 64.2 Å². The van der Waals surface area contributed by atoms with Crippen molar-refractivity contribution in [3.63, 3.8) is 0 Å². The van der Waals surface area contributed by atoms with Crippen LogP contribution in [0.5, 0.6) is 0 Å². The number of aryl methyl sites for hydroxylation is 2. The first-order valence-electron chi connectivity index (χ1n) is 5.54. The number of rotatable bonds is 2. The summed E-state index contributed by atoms with van der Waals surface area (Å²) < 4.78 is 13.1. The van der Waals surface area contributed by atoms with Crippen molar-refractivity contribution in [3.8, 4) is 0 Å². The molecule has 6 heteroatoms. The molecule has 0 unspecified atom stereocenters. The molecule has 0 amide bonds. The van der Waals surface area contributed by atoms with Crippen molar-refractivity contribution in [3.05, 3.63) is 5.69 Å². The maximum absolute atomic E-state index is 11.3. The van der Waals surface area contributed by atoms with Gasteiger partial charge >= 0.3 is 0 Å². The van der Waals surface area contributed by atoms with E-state index in [-0.39, 0.29) is 0 Å². The van der Waals surface area contributed by atoms with Crippen molar-refractivity contribution in [1.82, 2.24) is 9.78 Å². The lowest BCUT2D eigenvalue weighted by Gasteiger charge is -2.28. The maximum atomic E-state index is 11.3. The van der Waals surface area contributed by atoms with Gasteiger partial charge in [0.05, 0.1) is 11.4 Å². The summed E-state index contributed by atoms with van der Waals surface area (Å²) in [7, 11) is 1.26. The minimum absolute atomic E-state index is 0.655. The molecule has 1 aliphatic rings. The van der Waals surface area contributed by atoms with E-state index in [9.17, 15) is 4.21 Å². The number of nitrogens with two attached hydrogens (primary N) is 1. The van der Waals surface area contributed by atoms with Crippen LogP contribution < -0.4 is 10.6 Å². The second kappa shape index (κ2) is 4.45. The molecule has 90 valence electrons. The van der Waals surface area contributed by atoms with Crippen LogP contribution in [0.4, 0.5) is 11.5 Å². The molecule has 0 bridgehead atoms. The first kappa shape index (κ1) is 11.4. The van der Waals surface area contributed by atoms with Gasteiger partial charge in [-0.3, -0.25) is 8.89 Å². The molecule has 0 spiro atoms. The highest BCUT2D eigenvalue weighted by Crippen LogP contribution is 2.27. The molecule has 2 heterocycles. The Balaban J connectivity index is 2.26. The minimum atomic E-state index is -0.655. The van der Waals surface area contributed by atoms with Gasteiger partial charge in [-0.1, -0.05) is 6.92 Å². The molecule has 1 aromatic heterocycles. The molecule has 2 N–H and O–H groups in total. The summed E-state index contributed by atoms with van der Waals surface area (Å²) in [6.07, 6.45) is 0.847. The van der Waals surface area contributed by atoms with Crippen LogP contribution in [0.1, 0.15) is 12.6 Å². The van der Waals surface area contributed by atoms with Crippen molar-refractivity contribution in [1.29, 1.82) is 0 Å². The van der Waals surface area contributed by atoms with Gasteiger partial charge in [0.15, 0.2) is 0 Å². The SMILES string of the molecule is CCc1nn(C)c(N2CCS(=O)CC2)c1N. The third kappa shape index (κ3) is 1.93. The smallest absolute Gasteiger partial charge is 0.150 e. The summed E-state index contributed by atoms with van der Waals surface area (Å²) in [5, 5.41) is 4.40. The fourth-order valence-electron chi connectivity index (χ4n) is 2.07. The molecule has 2 rings (SSSR count). The van der Waals surface area contributed by atoms with Crippen LogP contribution in [-0.2, 0) is 24.3 Å². The maximum Gasteiger partial charge on any atom is 0.150 e. The van der Waals surface area contributed by atoms with Crippen molar-refractivity contribution >= 4 is 22.3 Å². The standard InChI is InChI=1S/C10H18N4OS/c1-3-8-9(11)10(13(2)12-8)14-4-6-16(15)7-5-14/h3-7,11H2,1-2H3. The van der Waals surface area contributed by atoms with Crippen LogP contribution in [-0.4, -0.2) is 38.6 Å². The predicted octanol–water partition coefficient (Wildman–Crippen LogP) is 0.133. The average molecular weight is 242 g/mol. The molecule has 0 aromatic carbocycles. The van der Waals surface area contributed by atoms with Crippen LogP contribution in [0.3, 0.4) is 0 Å². The zero-order valence-electron chi connectivity index (χ0n) is 9.77. The third-order valence-corrected chi connectivity index (χ3v) is 4.22. The zero-order chi connectivity index (χ0) is 11.7. The van der Waals surface area contributed by atoms with E-state index in [0.29, 0.717) is 0 Å². The summed E-state index contributed by atoms with van der Waals surface area (Å²) in [6.45, 7) is 3.66. The van der Waals surface area contributed by atoms with Crippen LogP contribution in [0.2, 0.25) is 0 Å². The van der Waals surface area contributed by atoms with E-state index in [1.54, 1.807) is 0 Å². The number of hydrogen-bond acceptors (Lipinski definition) is 4. The van der Waals surface area contributed by atoms with Gasteiger partial charge in [0.2, 0.25) is 0 Å². The minimum Gasteiger partial charge on any atom is -0.394 e. The van der Waals surface area contributed by atoms with E-state index in [1.165, 1.54) is 0 Å². The fraction of sp³-hybridized carbons (Fsp3) is 0.700. The molecule has 1 aliphatic heterocycles. The fourth-order valence-corrected chi connectivity index (χ4v) is 3.12. The van der Waals surface area contributed by atoms with Gasteiger partial charge in [-0.2, -0.15) is 5.10 Å². The Hall–Kier alpha value is -1.04. The highest BCUT2D eigenvalue weighted by Gasteiger charge is 2.22. The highest BCUT2D eigenvalue weighted by atomic mass is 32.2. The van der Waals surface area contributed by atoms with Crippen LogP contribution >= 0.6 is 0 Å². The van der Waals surface area contributed by atoms with Crippen LogP contribution in [0.15, 0.2) is 0 Å². The molecule has 16 heavy (non-hydrogen) atoms. The van der Waals surface area contributed by atoms with Crippen LogP contribution in [0, 0.1) is 0 Å². The lowest BCUT2D eigenvalue weighted by atomic mass is 10.3. The number of aromatic nitrogens is 2. The normalized spacial score (nSPS) is 18.0. The summed E-state index contributed by atoms with van der Waals surface area (Å²) in [4.78, 5) is 2.18. The van der Waals surface area contributed by atoms with Gasteiger partial charge < -0.3 is 10.6 Å². The molecular weight excluding hydrogens is 224 g/mol. The summed E-state index contributed by atoms with van der Waals surface area (Å²) in [5.74, 6) is 2.44. The number of nitrogen functional groups attached to an aromatic ring is 1. The first-order valence-corrected chi connectivity index (χ1v) is 7.03. The van der Waals surface area contributed by atoms with Crippen molar-refractivity contribution in [2.45, 2.75) is 13.3 Å². The van der Waals surface area contributed by atoms with Gasteiger partial charge in [0, 0.05) is 42.4 Å².